The molecular formula is C23H27N5O. The molecule has 6 heteroatoms. The lowest BCUT2D eigenvalue weighted by molar-refractivity contribution is 0.0342. The summed E-state index contributed by atoms with van der Waals surface area (Å²) in [7, 11) is 0. The minimum absolute atomic E-state index is 0.0979. The van der Waals surface area contributed by atoms with Crippen molar-refractivity contribution in [1.82, 2.24) is 4.90 Å². The molecule has 0 atom stereocenters. The molecule has 0 spiro atoms. The molecule has 0 unspecified atom stereocenters. The van der Waals surface area contributed by atoms with Gasteiger partial charge in [0.2, 0.25) is 0 Å². The molecule has 0 amide bonds. The summed E-state index contributed by atoms with van der Waals surface area (Å²) >= 11 is 0. The van der Waals surface area contributed by atoms with Crippen LogP contribution in [-0.2, 0) is 17.7 Å². The number of hydrogen-bond acceptors (Lipinski definition) is 6. The Hall–Kier alpha value is -3.09. The van der Waals surface area contributed by atoms with Crippen LogP contribution in [0.2, 0.25) is 0 Å². The third-order valence-electron chi connectivity index (χ3n) is 5.05. The number of rotatable bonds is 8. The lowest BCUT2D eigenvalue weighted by Crippen LogP contribution is -2.35. The summed E-state index contributed by atoms with van der Waals surface area (Å²) in [6.07, 6.45) is 1.54. The van der Waals surface area contributed by atoms with Gasteiger partial charge in [0.05, 0.1) is 24.6 Å². The summed E-state index contributed by atoms with van der Waals surface area (Å²) in [6.45, 7) is 8.09. The van der Waals surface area contributed by atoms with Crippen molar-refractivity contribution in [2.45, 2.75) is 13.0 Å². The standard InChI is InChI=1S/C23H27N5O/c1-16(14-24)19-5-6-21(25)20(13-19)23(27)22(26)12-17-3-2-4-18(11-17)15-28-7-9-29-10-8-28/h2-6,11,13-14,24,26-27H,1,7-10,12,15,25H2. The van der Waals surface area contributed by atoms with Crippen molar-refractivity contribution in [3.05, 3.63) is 71.3 Å². The maximum absolute atomic E-state index is 8.47. The molecule has 150 valence electrons. The molecule has 5 N–H and O–H groups in total. The van der Waals surface area contributed by atoms with Gasteiger partial charge in [-0.3, -0.25) is 10.3 Å². The molecule has 1 aliphatic heterocycles. The lowest BCUT2D eigenvalue weighted by Gasteiger charge is -2.26. The van der Waals surface area contributed by atoms with Gasteiger partial charge in [-0.05, 0) is 34.4 Å². The van der Waals surface area contributed by atoms with E-state index in [4.69, 9.17) is 26.7 Å². The maximum atomic E-state index is 8.47. The number of nitrogens with one attached hydrogen (secondary N) is 3. The highest BCUT2D eigenvalue weighted by molar-refractivity contribution is 6.47. The van der Waals surface area contributed by atoms with Crippen molar-refractivity contribution in [1.29, 1.82) is 16.2 Å². The molecule has 2 aromatic rings. The molecule has 0 aromatic heterocycles. The smallest absolute Gasteiger partial charge is 0.0844 e. The Morgan fingerprint density at radius 1 is 1.10 bits per heavy atom. The fourth-order valence-electron chi connectivity index (χ4n) is 3.37. The molecule has 0 radical (unpaired) electrons. The number of nitrogen functional groups attached to an aromatic ring is 1. The van der Waals surface area contributed by atoms with Crippen molar-refractivity contribution in [2.75, 3.05) is 32.0 Å². The molecule has 1 saturated heterocycles. The van der Waals surface area contributed by atoms with Gasteiger partial charge in [0.15, 0.2) is 0 Å². The van der Waals surface area contributed by atoms with Crippen LogP contribution in [0.25, 0.3) is 5.57 Å². The highest BCUT2D eigenvalue weighted by Gasteiger charge is 2.15. The Bertz CT molecular complexity index is 944. The second-order valence-electron chi connectivity index (χ2n) is 7.21. The molecule has 0 aliphatic carbocycles. The van der Waals surface area contributed by atoms with E-state index < -0.39 is 0 Å². The third kappa shape index (κ3) is 5.25. The van der Waals surface area contributed by atoms with Gasteiger partial charge >= 0.3 is 0 Å². The van der Waals surface area contributed by atoms with E-state index in [0.29, 0.717) is 23.2 Å². The monoisotopic (exact) mass is 389 g/mol. The molecule has 3 rings (SSSR count). The normalized spacial score (nSPS) is 14.3. The van der Waals surface area contributed by atoms with Crippen LogP contribution in [0.5, 0.6) is 0 Å². The zero-order valence-electron chi connectivity index (χ0n) is 16.5. The Balaban J connectivity index is 1.71. The van der Waals surface area contributed by atoms with Crippen LogP contribution in [0, 0.1) is 16.2 Å². The molecule has 1 aliphatic rings. The zero-order valence-corrected chi connectivity index (χ0v) is 16.5. The van der Waals surface area contributed by atoms with Crippen LogP contribution in [0.3, 0.4) is 0 Å². The Kier molecular flexibility index (Phi) is 6.69. The topological polar surface area (TPSA) is 110 Å². The van der Waals surface area contributed by atoms with E-state index in [1.54, 1.807) is 18.2 Å². The second-order valence-corrected chi connectivity index (χ2v) is 7.21. The number of morpholine rings is 1. The first-order valence-electron chi connectivity index (χ1n) is 9.62. The Morgan fingerprint density at radius 2 is 1.83 bits per heavy atom. The van der Waals surface area contributed by atoms with E-state index in [1.807, 2.05) is 12.1 Å². The summed E-state index contributed by atoms with van der Waals surface area (Å²) in [5, 5.41) is 24.3. The van der Waals surface area contributed by atoms with E-state index in [0.717, 1.165) is 44.0 Å². The summed E-state index contributed by atoms with van der Waals surface area (Å²) in [4.78, 5) is 2.36. The van der Waals surface area contributed by atoms with Crippen molar-refractivity contribution in [2.24, 2.45) is 0 Å². The minimum atomic E-state index is 0.0979. The minimum Gasteiger partial charge on any atom is -0.398 e. The number of allylic oxidation sites excluding steroid dienone is 1. The van der Waals surface area contributed by atoms with Crippen molar-refractivity contribution >= 4 is 28.9 Å². The number of hydrogen-bond donors (Lipinski definition) is 4. The average molecular weight is 390 g/mol. The fourth-order valence-corrected chi connectivity index (χ4v) is 3.37. The van der Waals surface area contributed by atoms with Gasteiger partial charge in [0.25, 0.3) is 0 Å². The molecule has 2 aromatic carbocycles. The van der Waals surface area contributed by atoms with Crippen molar-refractivity contribution < 1.29 is 4.74 Å². The van der Waals surface area contributed by atoms with Crippen LogP contribution in [0.1, 0.15) is 22.3 Å². The quantitative estimate of drug-likeness (QED) is 0.410. The number of nitrogens with two attached hydrogens (primary N) is 1. The first kappa shape index (κ1) is 20.6. The highest BCUT2D eigenvalue weighted by atomic mass is 16.5. The first-order valence-corrected chi connectivity index (χ1v) is 9.62. The number of nitrogens with zero attached hydrogens (tertiary/aromatic N) is 1. The zero-order chi connectivity index (χ0) is 20.8. The predicted molar refractivity (Wildman–Crippen MR) is 119 cm³/mol. The van der Waals surface area contributed by atoms with Crippen molar-refractivity contribution in [3.8, 4) is 0 Å². The van der Waals surface area contributed by atoms with Gasteiger partial charge in [-0.25, -0.2) is 0 Å². The van der Waals surface area contributed by atoms with E-state index in [9.17, 15) is 0 Å². The van der Waals surface area contributed by atoms with E-state index >= 15 is 0 Å². The lowest BCUT2D eigenvalue weighted by atomic mass is 9.95. The Labute approximate surface area is 171 Å². The summed E-state index contributed by atoms with van der Waals surface area (Å²) in [5.41, 5.74) is 10.8. The molecule has 29 heavy (non-hydrogen) atoms. The van der Waals surface area contributed by atoms with Crippen LogP contribution >= 0.6 is 0 Å². The number of ether oxygens (including phenoxy) is 1. The van der Waals surface area contributed by atoms with E-state index in [-0.39, 0.29) is 11.4 Å². The van der Waals surface area contributed by atoms with Gasteiger partial charge < -0.3 is 21.3 Å². The Morgan fingerprint density at radius 3 is 2.55 bits per heavy atom. The molecular weight excluding hydrogens is 362 g/mol. The van der Waals surface area contributed by atoms with Crippen LogP contribution in [0.4, 0.5) is 5.69 Å². The molecule has 0 bridgehead atoms. The van der Waals surface area contributed by atoms with E-state index in [2.05, 4.69) is 23.6 Å². The van der Waals surface area contributed by atoms with E-state index in [1.165, 1.54) is 11.8 Å². The maximum Gasteiger partial charge on any atom is 0.0844 e. The molecule has 1 heterocycles. The van der Waals surface area contributed by atoms with Gasteiger partial charge in [-0.2, -0.15) is 0 Å². The van der Waals surface area contributed by atoms with Crippen LogP contribution in [0.15, 0.2) is 49.0 Å². The third-order valence-corrected chi connectivity index (χ3v) is 5.05. The fraction of sp³-hybridized carbons (Fsp3) is 0.261. The second kappa shape index (κ2) is 9.41. The van der Waals surface area contributed by atoms with Gasteiger partial charge in [0.1, 0.15) is 0 Å². The van der Waals surface area contributed by atoms with Gasteiger partial charge in [-0.15, -0.1) is 0 Å². The summed E-state index contributed by atoms with van der Waals surface area (Å²) in [6, 6.07) is 13.4. The average Bonchev–Trinajstić information content (AvgIpc) is 2.74. The number of anilines is 1. The van der Waals surface area contributed by atoms with Gasteiger partial charge in [0, 0.05) is 43.5 Å². The molecule has 0 saturated carbocycles. The number of benzene rings is 2. The van der Waals surface area contributed by atoms with Crippen LogP contribution < -0.4 is 5.73 Å². The summed E-state index contributed by atoms with van der Waals surface area (Å²) < 4.78 is 5.40. The molecule has 1 fully saturated rings. The highest BCUT2D eigenvalue weighted by Crippen LogP contribution is 2.20. The van der Waals surface area contributed by atoms with Gasteiger partial charge in [-0.1, -0.05) is 36.9 Å². The molecule has 6 nitrogen and oxygen atoms in total. The largest absolute Gasteiger partial charge is 0.398 e. The first-order chi connectivity index (χ1) is 14.0. The summed E-state index contributed by atoms with van der Waals surface area (Å²) in [5.74, 6) is 0. The van der Waals surface area contributed by atoms with Crippen molar-refractivity contribution in [3.63, 3.8) is 0 Å². The van der Waals surface area contributed by atoms with Crippen LogP contribution in [-0.4, -0.2) is 48.8 Å². The SMILES string of the molecule is C=C(C=N)c1ccc(N)c(C(=N)C(=N)Cc2cccc(CN3CCOCC3)c2)c1. The predicted octanol–water partition coefficient (Wildman–Crippen LogP) is 3.39.